The summed E-state index contributed by atoms with van der Waals surface area (Å²) in [6, 6.07) is 4.18. The highest BCUT2D eigenvalue weighted by molar-refractivity contribution is 9.10. The number of hydrogen-bond donors (Lipinski definition) is 1. The van der Waals surface area contributed by atoms with Gasteiger partial charge in [-0.15, -0.1) is 0 Å². The van der Waals surface area contributed by atoms with Gasteiger partial charge in [0.1, 0.15) is 6.04 Å². The number of ether oxygens (including phenoxy) is 1. The standard InChI is InChI=1S/C12H15BrN2O4S/c1-2-19-12(16)10(14)7-20-6-8-3-4-9(13)5-11(8)15(17)18/h3-5,10H,2,6-7,14H2,1H3. The molecule has 0 bridgehead atoms. The van der Waals surface area contributed by atoms with E-state index in [0.717, 1.165) is 0 Å². The molecule has 1 rings (SSSR count). The minimum absolute atomic E-state index is 0.0524. The number of hydrogen-bond acceptors (Lipinski definition) is 6. The molecule has 6 nitrogen and oxygen atoms in total. The summed E-state index contributed by atoms with van der Waals surface area (Å²) < 4.78 is 5.45. The van der Waals surface area contributed by atoms with E-state index in [-0.39, 0.29) is 12.3 Å². The summed E-state index contributed by atoms with van der Waals surface area (Å²) in [6.07, 6.45) is 0. The van der Waals surface area contributed by atoms with Gasteiger partial charge in [0.2, 0.25) is 0 Å². The third-order valence-corrected chi connectivity index (χ3v) is 3.99. The zero-order chi connectivity index (χ0) is 15.1. The summed E-state index contributed by atoms with van der Waals surface area (Å²) in [6.45, 7) is 2.00. The Morgan fingerprint density at radius 3 is 2.90 bits per heavy atom. The maximum Gasteiger partial charge on any atom is 0.323 e. The van der Waals surface area contributed by atoms with Crippen LogP contribution < -0.4 is 5.73 Å². The van der Waals surface area contributed by atoms with Crippen LogP contribution in [-0.2, 0) is 15.3 Å². The molecule has 1 aromatic rings. The van der Waals surface area contributed by atoms with Gasteiger partial charge in [-0.3, -0.25) is 14.9 Å². The maximum absolute atomic E-state index is 11.3. The van der Waals surface area contributed by atoms with Crippen LogP contribution in [0.2, 0.25) is 0 Å². The van der Waals surface area contributed by atoms with E-state index in [1.165, 1.54) is 17.8 Å². The van der Waals surface area contributed by atoms with E-state index in [1.807, 2.05) is 0 Å². The lowest BCUT2D eigenvalue weighted by atomic mass is 10.2. The minimum atomic E-state index is -0.713. The van der Waals surface area contributed by atoms with E-state index in [2.05, 4.69) is 15.9 Å². The van der Waals surface area contributed by atoms with E-state index in [1.54, 1.807) is 19.1 Å². The fourth-order valence-electron chi connectivity index (χ4n) is 1.44. The number of nitro benzene ring substituents is 1. The Morgan fingerprint density at radius 1 is 1.60 bits per heavy atom. The molecule has 0 aliphatic rings. The molecule has 0 radical (unpaired) electrons. The number of halogens is 1. The second kappa shape index (κ2) is 8.23. The second-order valence-electron chi connectivity index (χ2n) is 3.90. The van der Waals surface area contributed by atoms with Gasteiger partial charge in [0.05, 0.1) is 11.5 Å². The van der Waals surface area contributed by atoms with Gasteiger partial charge < -0.3 is 10.5 Å². The molecule has 0 spiro atoms. The van der Waals surface area contributed by atoms with Crippen molar-refractivity contribution in [3.8, 4) is 0 Å². The summed E-state index contributed by atoms with van der Waals surface area (Å²) in [5.74, 6) is 0.313. The number of rotatable bonds is 7. The Morgan fingerprint density at radius 2 is 2.30 bits per heavy atom. The molecule has 20 heavy (non-hydrogen) atoms. The van der Waals surface area contributed by atoms with Gasteiger partial charge >= 0.3 is 5.97 Å². The molecule has 110 valence electrons. The van der Waals surface area contributed by atoms with Gasteiger partial charge in [-0.1, -0.05) is 22.0 Å². The van der Waals surface area contributed by atoms with Gasteiger partial charge in [0.25, 0.3) is 5.69 Å². The molecule has 1 aromatic carbocycles. The molecule has 1 unspecified atom stereocenters. The lowest BCUT2D eigenvalue weighted by Gasteiger charge is -2.10. The lowest BCUT2D eigenvalue weighted by Crippen LogP contribution is -2.34. The summed E-state index contributed by atoms with van der Waals surface area (Å²) in [7, 11) is 0. The fraction of sp³-hybridized carbons (Fsp3) is 0.417. The first kappa shape index (κ1) is 16.9. The van der Waals surface area contributed by atoms with E-state index >= 15 is 0 Å². The van der Waals surface area contributed by atoms with Crippen LogP contribution in [0.3, 0.4) is 0 Å². The first-order valence-corrected chi connectivity index (χ1v) is 7.83. The highest BCUT2D eigenvalue weighted by Crippen LogP contribution is 2.27. The van der Waals surface area contributed by atoms with E-state index in [9.17, 15) is 14.9 Å². The van der Waals surface area contributed by atoms with Crippen LogP contribution in [0.25, 0.3) is 0 Å². The SMILES string of the molecule is CCOC(=O)C(N)CSCc1ccc(Br)cc1[N+](=O)[O-]. The fourth-order valence-corrected chi connectivity index (χ4v) is 2.76. The molecule has 2 N–H and O–H groups in total. The smallest absolute Gasteiger partial charge is 0.323 e. The number of nitrogens with zero attached hydrogens (tertiary/aromatic N) is 1. The van der Waals surface area contributed by atoms with Gasteiger partial charge in [-0.2, -0.15) is 11.8 Å². The van der Waals surface area contributed by atoms with Crippen molar-refractivity contribution in [3.63, 3.8) is 0 Å². The number of thioether (sulfide) groups is 1. The quantitative estimate of drug-likeness (QED) is 0.454. The largest absolute Gasteiger partial charge is 0.465 e. The Kier molecular flexibility index (Phi) is 6.97. The topological polar surface area (TPSA) is 95.5 Å². The summed E-state index contributed by atoms with van der Waals surface area (Å²) in [4.78, 5) is 21.8. The highest BCUT2D eigenvalue weighted by Gasteiger charge is 2.17. The highest BCUT2D eigenvalue weighted by atomic mass is 79.9. The zero-order valence-electron chi connectivity index (χ0n) is 10.9. The Bertz CT molecular complexity index is 498. The second-order valence-corrected chi connectivity index (χ2v) is 5.85. The maximum atomic E-state index is 11.3. The average molecular weight is 363 g/mol. The number of esters is 1. The first-order valence-electron chi connectivity index (χ1n) is 5.88. The third kappa shape index (κ3) is 5.10. The van der Waals surface area contributed by atoms with Crippen LogP contribution >= 0.6 is 27.7 Å². The molecule has 0 aromatic heterocycles. The van der Waals surface area contributed by atoms with Crippen molar-refractivity contribution in [1.29, 1.82) is 0 Å². The van der Waals surface area contributed by atoms with E-state index < -0.39 is 16.9 Å². The molecular formula is C12H15BrN2O4S. The van der Waals surface area contributed by atoms with Crippen LogP contribution in [0.5, 0.6) is 0 Å². The zero-order valence-corrected chi connectivity index (χ0v) is 13.3. The van der Waals surface area contributed by atoms with Gasteiger partial charge in [-0.25, -0.2) is 0 Å². The summed E-state index contributed by atoms with van der Waals surface area (Å²) >= 11 is 4.56. The number of carbonyl (C=O) groups is 1. The van der Waals surface area contributed by atoms with Crippen molar-refractivity contribution in [3.05, 3.63) is 38.3 Å². The van der Waals surface area contributed by atoms with E-state index in [0.29, 0.717) is 21.5 Å². The monoisotopic (exact) mass is 362 g/mol. The predicted molar refractivity (Wildman–Crippen MR) is 81.6 cm³/mol. The van der Waals surface area contributed by atoms with Crippen LogP contribution in [0.4, 0.5) is 5.69 Å². The van der Waals surface area contributed by atoms with Crippen molar-refractivity contribution in [2.45, 2.75) is 18.7 Å². The normalized spacial score (nSPS) is 11.9. The predicted octanol–water partition coefficient (Wildman–Crippen LogP) is 2.48. The molecule has 0 aliphatic carbocycles. The molecule has 1 atom stereocenters. The molecule has 0 saturated carbocycles. The van der Waals surface area contributed by atoms with Crippen molar-refractivity contribution < 1.29 is 14.5 Å². The van der Waals surface area contributed by atoms with Crippen LogP contribution in [0, 0.1) is 10.1 Å². The van der Waals surface area contributed by atoms with Gasteiger partial charge in [0, 0.05) is 27.6 Å². The van der Waals surface area contributed by atoms with Gasteiger partial charge in [0.15, 0.2) is 0 Å². The van der Waals surface area contributed by atoms with Crippen LogP contribution in [0.1, 0.15) is 12.5 Å². The lowest BCUT2D eigenvalue weighted by molar-refractivity contribution is -0.385. The number of benzene rings is 1. The molecule has 8 heteroatoms. The first-order chi connectivity index (χ1) is 9.45. The summed E-state index contributed by atoms with van der Waals surface area (Å²) in [5, 5.41) is 10.9. The Hall–Kier alpha value is -1.12. The van der Waals surface area contributed by atoms with E-state index in [4.69, 9.17) is 10.5 Å². The molecule has 0 aliphatic heterocycles. The molecule has 0 fully saturated rings. The molecule has 0 amide bonds. The van der Waals surface area contributed by atoms with Crippen molar-refractivity contribution in [2.24, 2.45) is 5.73 Å². The van der Waals surface area contributed by atoms with Crippen molar-refractivity contribution >= 4 is 39.3 Å². The number of nitro groups is 1. The van der Waals surface area contributed by atoms with Crippen molar-refractivity contribution in [1.82, 2.24) is 0 Å². The average Bonchev–Trinajstić information content (AvgIpc) is 2.40. The Balaban J connectivity index is 2.58. The van der Waals surface area contributed by atoms with Crippen molar-refractivity contribution in [2.75, 3.05) is 12.4 Å². The number of carbonyl (C=O) groups excluding carboxylic acids is 1. The Labute approximate surface area is 129 Å². The molecular weight excluding hydrogens is 348 g/mol. The molecule has 0 heterocycles. The van der Waals surface area contributed by atoms with Gasteiger partial charge in [-0.05, 0) is 13.0 Å². The van der Waals surface area contributed by atoms with Crippen LogP contribution in [0.15, 0.2) is 22.7 Å². The summed E-state index contributed by atoms with van der Waals surface area (Å²) in [5.41, 5.74) is 6.30. The number of nitrogens with two attached hydrogens (primary N) is 1. The minimum Gasteiger partial charge on any atom is -0.465 e. The van der Waals surface area contributed by atoms with Crippen LogP contribution in [-0.4, -0.2) is 29.3 Å². The molecule has 0 saturated heterocycles. The third-order valence-electron chi connectivity index (χ3n) is 2.39.